The van der Waals surface area contributed by atoms with Crippen molar-refractivity contribution in [3.63, 3.8) is 0 Å². The Balaban J connectivity index is 1.86. The second-order valence-electron chi connectivity index (χ2n) is 6.57. The molecule has 0 radical (unpaired) electrons. The van der Waals surface area contributed by atoms with Crippen molar-refractivity contribution >= 4 is 5.91 Å². The third kappa shape index (κ3) is 4.54. The summed E-state index contributed by atoms with van der Waals surface area (Å²) in [6.07, 6.45) is 2.84. The summed E-state index contributed by atoms with van der Waals surface area (Å²) in [5, 5.41) is 6.34. The average molecular weight is 306 g/mol. The van der Waals surface area contributed by atoms with Crippen LogP contribution in [0.5, 0.6) is 0 Å². The molecule has 2 N–H and O–H groups in total. The highest BCUT2D eigenvalue weighted by Gasteiger charge is 2.22. The highest BCUT2D eigenvalue weighted by atomic mass is 19.1. The molecular formula is C18H27FN2O. The molecule has 2 atom stereocenters. The molecule has 0 spiro atoms. The molecule has 1 heterocycles. The van der Waals surface area contributed by atoms with E-state index in [1.807, 2.05) is 13.0 Å². The first kappa shape index (κ1) is 16.9. The minimum absolute atomic E-state index is 0.0551. The number of benzene rings is 1. The minimum Gasteiger partial charge on any atom is -0.350 e. The van der Waals surface area contributed by atoms with E-state index in [2.05, 4.69) is 17.6 Å². The molecule has 2 rings (SSSR count). The number of piperidine rings is 1. The summed E-state index contributed by atoms with van der Waals surface area (Å²) in [7, 11) is 0. The van der Waals surface area contributed by atoms with Crippen molar-refractivity contribution in [2.24, 2.45) is 11.8 Å². The monoisotopic (exact) mass is 306 g/mol. The van der Waals surface area contributed by atoms with E-state index >= 15 is 0 Å². The van der Waals surface area contributed by atoms with Gasteiger partial charge in [-0.2, -0.15) is 0 Å². The molecule has 2 unspecified atom stereocenters. The molecule has 0 saturated carbocycles. The number of hydrogen-bond donors (Lipinski definition) is 2. The van der Waals surface area contributed by atoms with Crippen molar-refractivity contribution in [1.29, 1.82) is 0 Å². The first-order valence-corrected chi connectivity index (χ1v) is 8.23. The van der Waals surface area contributed by atoms with E-state index in [9.17, 15) is 9.18 Å². The van der Waals surface area contributed by atoms with Gasteiger partial charge in [0.2, 0.25) is 5.91 Å². The molecule has 1 aromatic carbocycles. The van der Waals surface area contributed by atoms with Crippen LogP contribution in [0.2, 0.25) is 0 Å². The van der Waals surface area contributed by atoms with E-state index in [0.29, 0.717) is 23.8 Å². The predicted molar refractivity (Wildman–Crippen MR) is 87.1 cm³/mol. The Bertz CT molecular complexity index is 512. The van der Waals surface area contributed by atoms with E-state index in [1.165, 1.54) is 6.07 Å². The zero-order valence-corrected chi connectivity index (χ0v) is 13.8. The van der Waals surface area contributed by atoms with Crippen LogP contribution < -0.4 is 10.6 Å². The normalized spacial score (nSPS) is 18.7. The van der Waals surface area contributed by atoms with Gasteiger partial charge < -0.3 is 10.6 Å². The summed E-state index contributed by atoms with van der Waals surface area (Å²) in [5.41, 5.74) is 1.44. The maximum absolute atomic E-state index is 13.6. The van der Waals surface area contributed by atoms with Crippen molar-refractivity contribution in [2.45, 2.75) is 46.1 Å². The van der Waals surface area contributed by atoms with Gasteiger partial charge in [-0.25, -0.2) is 4.39 Å². The fourth-order valence-electron chi connectivity index (χ4n) is 3.13. The Morgan fingerprint density at radius 2 is 2.05 bits per heavy atom. The number of carbonyl (C=O) groups is 1. The fraction of sp³-hybridized carbons (Fsp3) is 0.611. The van der Waals surface area contributed by atoms with Crippen LogP contribution >= 0.6 is 0 Å². The SMILES string of the molecule is Cc1ccc(C(C)NC(=O)CC(C)C2CCNCC2)cc1F. The predicted octanol–water partition coefficient (Wildman–Crippen LogP) is 3.34. The van der Waals surface area contributed by atoms with Gasteiger partial charge in [-0.05, 0) is 68.8 Å². The zero-order chi connectivity index (χ0) is 16.1. The van der Waals surface area contributed by atoms with Crippen molar-refractivity contribution in [3.8, 4) is 0 Å². The highest BCUT2D eigenvalue weighted by molar-refractivity contribution is 5.76. The third-order valence-electron chi connectivity index (χ3n) is 4.77. The molecule has 1 aliphatic heterocycles. The molecule has 1 amide bonds. The first-order valence-electron chi connectivity index (χ1n) is 8.23. The van der Waals surface area contributed by atoms with Gasteiger partial charge in [0.25, 0.3) is 0 Å². The van der Waals surface area contributed by atoms with Gasteiger partial charge in [0.05, 0.1) is 6.04 Å². The Labute approximate surface area is 132 Å². The molecule has 1 saturated heterocycles. The lowest BCUT2D eigenvalue weighted by Crippen LogP contribution is -2.34. The number of rotatable bonds is 5. The highest BCUT2D eigenvalue weighted by Crippen LogP contribution is 2.24. The Morgan fingerprint density at radius 1 is 1.36 bits per heavy atom. The van der Waals surface area contributed by atoms with Crippen LogP contribution in [0, 0.1) is 24.6 Å². The summed E-state index contributed by atoms with van der Waals surface area (Å²) >= 11 is 0. The number of nitrogens with one attached hydrogen (secondary N) is 2. The zero-order valence-electron chi connectivity index (χ0n) is 13.8. The van der Waals surface area contributed by atoms with Gasteiger partial charge in [-0.15, -0.1) is 0 Å². The lowest BCUT2D eigenvalue weighted by molar-refractivity contribution is -0.123. The van der Waals surface area contributed by atoms with Gasteiger partial charge in [-0.1, -0.05) is 19.1 Å². The lowest BCUT2D eigenvalue weighted by atomic mass is 9.84. The fourth-order valence-corrected chi connectivity index (χ4v) is 3.13. The van der Waals surface area contributed by atoms with Gasteiger partial charge in [0, 0.05) is 6.42 Å². The molecule has 4 heteroatoms. The van der Waals surface area contributed by atoms with Gasteiger partial charge in [-0.3, -0.25) is 4.79 Å². The van der Waals surface area contributed by atoms with E-state index < -0.39 is 0 Å². The van der Waals surface area contributed by atoms with Crippen LogP contribution in [0.4, 0.5) is 4.39 Å². The van der Waals surface area contributed by atoms with Crippen molar-refractivity contribution < 1.29 is 9.18 Å². The van der Waals surface area contributed by atoms with Crippen LogP contribution in [0.3, 0.4) is 0 Å². The van der Waals surface area contributed by atoms with E-state index in [4.69, 9.17) is 0 Å². The molecule has 3 nitrogen and oxygen atoms in total. The molecule has 1 aliphatic rings. The minimum atomic E-state index is -0.221. The van der Waals surface area contributed by atoms with E-state index in [-0.39, 0.29) is 17.8 Å². The summed E-state index contributed by atoms with van der Waals surface area (Å²) in [6.45, 7) is 7.90. The van der Waals surface area contributed by atoms with Crippen molar-refractivity contribution in [1.82, 2.24) is 10.6 Å². The Kier molecular flexibility index (Phi) is 5.95. The quantitative estimate of drug-likeness (QED) is 0.876. The number of halogens is 1. The van der Waals surface area contributed by atoms with Crippen LogP contribution in [-0.4, -0.2) is 19.0 Å². The van der Waals surface area contributed by atoms with E-state index in [0.717, 1.165) is 31.5 Å². The summed E-state index contributed by atoms with van der Waals surface area (Å²) in [6, 6.07) is 4.98. The Hall–Kier alpha value is -1.42. The third-order valence-corrected chi connectivity index (χ3v) is 4.77. The summed E-state index contributed by atoms with van der Waals surface area (Å²) in [5.74, 6) is 0.851. The van der Waals surface area contributed by atoms with Crippen molar-refractivity contribution in [3.05, 3.63) is 35.1 Å². The van der Waals surface area contributed by atoms with Crippen LogP contribution in [-0.2, 0) is 4.79 Å². The molecule has 1 aromatic rings. The number of aryl methyl sites for hydroxylation is 1. The van der Waals surface area contributed by atoms with Crippen LogP contribution in [0.25, 0.3) is 0 Å². The second kappa shape index (κ2) is 7.73. The number of hydrogen-bond acceptors (Lipinski definition) is 2. The van der Waals surface area contributed by atoms with Crippen molar-refractivity contribution in [2.75, 3.05) is 13.1 Å². The van der Waals surface area contributed by atoms with Gasteiger partial charge >= 0.3 is 0 Å². The summed E-state index contributed by atoms with van der Waals surface area (Å²) < 4.78 is 13.6. The lowest BCUT2D eigenvalue weighted by Gasteiger charge is -2.28. The summed E-state index contributed by atoms with van der Waals surface area (Å²) in [4.78, 5) is 12.2. The Morgan fingerprint density at radius 3 is 2.68 bits per heavy atom. The van der Waals surface area contributed by atoms with Gasteiger partial charge in [0.15, 0.2) is 0 Å². The smallest absolute Gasteiger partial charge is 0.220 e. The molecule has 0 bridgehead atoms. The number of carbonyl (C=O) groups excluding carboxylic acids is 1. The maximum Gasteiger partial charge on any atom is 0.220 e. The largest absolute Gasteiger partial charge is 0.350 e. The second-order valence-corrected chi connectivity index (χ2v) is 6.57. The molecule has 22 heavy (non-hydrogen) atoms. The average Bonchev–Trinajstić information content (AvgIpc) is 2.50. The standard InChI is InChI=1S/C18H27FN2O/c1-12-4-5-16(11-17(12)19)14(3)21-18(22)10-13(2)15-6-8-20-9-7-15/h4-5,11,13-15,20H,6-10H2,1-3H3,(H,21,22). The topological polar surface area (TPSA) is 41.1 Å². The first-order chi connectivity index (χ1) is 10.5. The molecule has 122 valence electrons. The van der Waals surface area contributed by atoms with Crippen LogP contribution in [0.1, 0.15) is 50.3 Å². The maximum atomic E-state index is 13.6. The molecule has 0 aromatic heterocycles. The van der Waals surface area contributed by atoms with E-state index in [1.54, 1.807) is 13.0 Å². The number of amides is 1. The molecular weight excluding hydrogens is 279 g/mol. The molecule has 0 aliphatic carbocycles. The van der Waals surface area contributed by atoms with Gasteiger partial charge in [0.1, 0.15) is 5.82 Å². The molecule has 1 fully saturated rings. The van der Waals surface area contributed by atoms with Crippen LogP contribution in [0.15, 0.2) is 18.2 Å².